The lowest BCUT2D eigenvalue weighted by atomic mass is 10.2. The van der Waals surface area contributed by atoms with Crippen molar-refractivity contribution in [2.45, 2.75) is 6.18 Å². The number of alkyl halides is 3. The Balaban J connectivity index is 1.79. The first-order valence-electron chi connectivity index (χ1n) is 6.55. The molecule has 0 atom stereocenters. The van der Waals surface area contributed by atoms with E-state index in [-0.39, 0.29) is 23.2 Å². The number of hydrogen-bond donors (Lipinski definition) is 1. The van der Waals surface area contributed by atoms with E-state index >= 15 is 0 Å². The van der Waals surface area contributed by atoms with Gasteiger partial charge in [0.05, 0.1) is 5.56 Å². The fourth-order valence-electron chi connectivity index (χ4n) is 1.93. The van der Waals surface area contributed by atoms with E-state index in [1.165, 1.54) is 12.1 Å². The van der Waals surface area contributed by atoms with Gasteiger partial charge in [-0.15, -0.1) is 5.10 Å². The van der Waals surface area contributed by atoms with Gasteiger partial charge in [-0.1, -0.05) is 5.10 Å². The fourth-order valence-corrected chi connectivity index (χ4v) is 1.93. The lowest BCUT2D eigenvalue weighted by Crippen LogP contribution is -2.04. The van der Waals surface area contributed by atoms with E-state index in [1.807, 2.05) is 0 Å². The van der Waals surface area contributed by atoms with Crippen molar-refractivity contribution < 1.29 is 26.4 Å². The first-order chi connectivity index (χ1) is 11.3. The second-order valence-electron chi connectivity index (χ2n) is 4.77. The standard InChI is InChI=1S/C15H8F5N3O/c16-10-5-8(6-11(17)7-10)13-22-23-14(24-13)21-12-3-1-9(2-4-12)15(18,19)20/h1-7H,(H,21,23). The lowest BCUT2D eigenvalue weighted by molar-refractivity contribution is -0.137. The van der Waals surface area contributed by atoms with Crippen LogP contribution in [0.25, 0.3) is 11.5 Å². The van der Waals surface area contributed by atoms with E-state index < -0.39 is 23.4 Å². The third-order valence-electron chi connectivity index (χ3n) is 3.00. The van der Waals surface area contributed by atoms with Crippen molar-refractivity contribution in [1.29, 1.82) is 0 Å². The molecule has 0 fully saturated rings. The van der Waals surface area contributed by atoms with E-state index in [2.05, 4.69) is 15.5 Å². The van der Waals surface area contributed by atoms with Crippen LogP contribution in [0.3, 0.4) is 0 Å². The molecule has 4 nitrogen and oxygen atoms in total. The van der Waals surface area contributed by atoms with E-state index in [0.29, 0.717) is 6.07 Å². The molecule has 1 heterocycles. The number of halogens is 5. The molecule has 0 spiro atoms. The summed E-state index contributed by atoms with van der Waals surface area (Å²) in [4.78, 5) is 0. The van der Waals surface area contributed by atoms with E-state index in [4.69, 9.17) is 4.42 Å². The summed E-state index contributed by atoms with van der Waals surface area (Å²) in [6.45, 7) is 0. The van der Waals surface area contributed by atoms with E-state index in [0.717, 1.165) is 24.3 Å². The molecule has 3 rings (SSSR count). The van der Waals surface area contributed by atoms with Gasteiger partial charge in [0.25, 0.3) is 0 Å². The normalized spacial score (nSPS) is 11.5. The van der Waals surface area contributed by atoms with Gasteiger partial charge in [-0.05, 0) is 36.4 Å². The molecule has 0 radical (unpaired) electrons. The maximum Gasteiger partial charge on any atom is 0.416 e. The number of anilines is 2. The molecule has 0 amide bonds. The minimum atomic E-state index is -4.43. The monoisotopic (exact) mass is 341 g/mol. The Labute approximate surface area is 131 Å². The molecule has 0 aliphatic carbocycles. The summed E-state index contributed by atoms with van der Waals surface area (Å²) in [6.07, 6.45) is -4.43. The summed E-state index contributed by atoms with van der Waals surface area (Å²) in [6, 6.07) is 6.75. The van der Waals surface area contributed by atoms with Crippen molar-refractivity contribution in [3.8, 4) is 11.5 Å². The van der Waals surface area contributed by atoms with Crippen LogP contribution in [-0.4, -0.2) is 10.2 Å². The van der Waals surface area contributed by atoms with Crippen LogP contribution in [-0.2, 0) is 6.18 Å². The van der Waals surface area contributed by atoms with Crippen molar-refractivity contribution in [2.75, 3.05) is 5.32 Å². The molecule has 2 aromatic carbocycles. The van der Waals surface area contributed by atoms with Crippen LogP contribution in [0.5, 0.6) is 0 Å². The zero-order chi connectivity index (χ0) is 17.3. The Morgan fingerprint density at radius 3 is 2.08 bits per heavy atom. The molecule has 1 aromatic heterocycles. The molecule has 9 heteroatoms. The second-order valence-corrected chi connectivity index (χ2v) is 4.77. The maximum atomic E-state index is 13.2. The Hall–Kier alpha value is -2.97. The van der Waals surface area contributed by atoms with Crippen LogP contribution in [0.1, 0.15) is 5.56 Å². The quantitative estimate of drug-likeness (QED) is 0.697. The molecule has 0 unspecified atom stereocenters. The highest BCUT2D eigenvalue weighted by Gasteiger charge is 2.29. The molecule has 0 aliphatic rings. The maximum absolute atomic E-state index is 13.2. The largest absolute Gasteiger partial charge is 0.416 e. The molecule has 1 N–H and O–H groups in total. The van der Waals surface area contributed by atoms with Crippen molar-refractivity contribution in [3.63, 3.8) is 0 Å². The zero-order valence-electron chi connectivity index (χ0n) is 11.7. The predicted molar refractivity (Wildman–Crippen MR) is 74.4 cm³/mol. The molecular formula is C15H8F5N3O. The van der Waals surface area contributed by atoms with E-state index in [1.54, 1.807) is 0 Å². The first kappa shape index (κ1) is 15.9. The fraction of sp³-hybridized carbons (Fsp3) is 0.0667. The SMILES string of the molecule is Fc1cc(F)cc(-c2nnc(Nc3ccc(C(F)(F)F)cc3)o2)c1. The second kappa shape index (κ2) is 5.91. The summed E-state index contributed by atoms with van der Waals surface area (Å²) < 4.78 is 69.0. The Kier molecular flexibility index (Phi) is 3.92. The molecule has 0 saturated carbocycles. The first-order valence-corrected chi connectivity index (χ1v) is 6.55. The van der Waals surface area contributed by atoms with Gasteiger partial charge in [-0.2, -0.15) is 13.2 Å². The van der Waals surface area contributed by atoms with Gasteiger partial charge < -0.3 is 9.73 Å². The van der Waals surface area contributed by atoms with E-state index in [9.17, 15) is 22.0 Å². The van der Waals surface area contributed by atoms with Gasteiger partial charge in [-0.3, -0.25) is 0 Å². The predicted octanol–water partition coefficient (Wildman–Crippen LogP) is 4.78. The Bertz CT molecular complexity index is 838. The highest BCUT2D eigenvalue weighted by Crippen LogP contribution is 2.30. The summed E-state index contributed by atoms with van der Waals surface area (Å²) in [7, 11) is 0. The van der Waals surface area contributed by atoms with Crippen LogP contribution in [0, 0.1) is 11.6 Å². The zero-order valence-corrected chi connectivity index (χ0v) is 11.7. The van der Waals surface area contributed by atoms with Crippen LogP contribution in [0.2, 0.25) is 0 Å². The number of rotatable bonds is 3. The van der Waals surface area contributed by atoms with Crippen molar-refractivity contribution in [1.82, 2.24) is 10.2 Å². The number of benzene rings is 2. The summed E-state index contributed by atoms with van der Waals surface area (Å²) in [5.41, 5.74) is -0.474. The summed E-state index contributed by atoms with van der Waals surface area (Å²) in [5, 5.41) is 9.86. The Morgan fingerprint density at radius 1 is 0.875 bits per heavy atom. The van der Waals surface area contributed by atoms with Crippen molar-refractivity contribution in [3.05, 3.63) is 59.7 Å². The minimum absolute atomic E-state index is 0.0421. The molecule has 0 bridgehead atoms. The average Bonchev–Trinajstić information content (AvgIpc) is 2.94. The van der Waals surface area contributed by atoms with Gasteiger partial charge in [0.1, 0.15) is 11.6 Å². The number of nitrogens with one attached hydrogen (secondary N) is 1. The van der Waals surface area contributed by atoms with Gasteiger partial charge in [0.2, 0.25) is 5.89 Å². The highest BCUT2D eigenvalue weighted by atomic mass is 19.4. The number of hydrogen-bond acceptors (Lipinski definition) is 4. The van der Waals surface area contributed by atoms with Crippen LogP contribution < -0.4 is 5.32 Å². The topological polar surface area (TPSA) is 51.0 Å². The Morgan fingerprint density at radius 2 is 1.50 bits per heavy atom. The van der Waals surface area contributed by atoms with Gasteiger partial charge in [0, 0.05) is 17.3 Å². The average molecular weight is 341 g/mol. The lowest BCUT2D eigenvalue weighted by Gasteiger charge is -2.07. The van der Waals surface area contributed by atoms with Gasteiger partial charge >= 0.3 is 12.2 Å². The summed E-state index contributed by atoms with van der Waals surface area (Å²) in [5.74, 6) is -1.75. The summed E-state index contributed by atoms with van der Waals surface area (Å²) >= 11 is 0. The van der Waals surface area contributed by atoms with Crippen LogP contribution >= 0.6 is 0 Å². The third kappa shape index (κ3) is 3.50. The molecule has 24 heavy (non-hydrogen) atoms. The van der Waals surface area contributed by atoms with Gasteiger partial charge in [-0.25, -0.2) is 8.78 Å². The smallest absolute Gasteiger partial charge is 0.403 e. The van der Waals surface area contributed by atoms with Crippen molar-refractivity contribution in [2.24, 2.45) is 0 Å². The van der Waals surface area contributed by atoms with Crippen LogP contribution in [0.4, 0.5) is 33.7 Å². The molecule has 0 saturated heterocycles. The number of aromatic nitrogens is 2. The minimum Gasteiger partial charge on any atom is -0.403 e. The molecule has 124 valence electrons. The van der Waals surface area contributed by atoms with Crippen LogP contribution in [0.15, 0.2) is 46.9 Å². The molecule has 0 aliphatic heterocycles. The molecule has 3 aromatic rings. The number of nitrogens with zero attached hydrogens (tertiary/aromatic N) is 2. The third-order valence-corrected chi connectivity index (χ3v) is 3.00. The molecular weight excluding hydrogens is 333 g/mol. The van der Waals surface area contributed by atoms with Gasteiger partial charge in [0.15, 0.2) is 0 Å². The van der Waals surface area contributed by atoms with Crippen molar-refractivity contribution >= 4 is 11.7 Å². The highest BCUT2D eigenvalue weighted by molar-refractivity contribution is 5.56.